The Labute approximate surface area is 145 Å². The van der Waals surface area contributed by atoms with Crippen LogP contribution in [0.25, 0.3) is 0 Å². The third-order valence-corrected chi connectivity index (χ3v) is 4.26. The molecule has 1 amide bonds. The molecular weight excluding hydrogens is 332 g/mol. The number of aryl methyl sites for hydroxylation is 2. The van der Waals surface area contributed by atoms with Crippen molar-refractivity contribution in [2.75, 3.05) is 6.61 Å². The number of rotatable bonds is 7. The maximum atomic E-state index is 11.7. The molecule has 122 valence electrons. The van der Waals surface area contributed by atoms with Gasteiger partial charge in [-0.15, -0.1) is 11.3 Å². The van der Waals surface area contributed by atoms with Gasteiger partial charge in [-0.3, -0.25) is 4.79 Å². The fraction of sp³-hybridized carbons (Fsp3) is 0.294. The maximum absolute atomic E-state index is 11.7. The van der Waals surface area contributed by atoms with Crippen LogP contribution in [0.3, 0.4) is 0 Å². The van der Waals surface area contributed by atoms with Crippen molar-refractivity contribution < 1.29 is 9.53 Å². The summed E-state index contributed by atoms with van der Waals surface area (Å²) in [5, 5.41) is 4.63. The van der Waals surface area contributed by atoms with Crippen LogP contribution >= 0.6 is 22.9 Å². The SMILES string of the molecule is Cc1ccc(C=NNC(=O)CCCOc2ccc(Cl)cc2C)s1. The number of benzene rings is 1. The van der Waals surface area contributed by atoms with E-state index in [4.69, 9.17) is 16.3 Å². The number of carbonyl (C=O) groups excluding carboxylic acids is 1. The Morgan fingerprint density at radius 2 is 2.17 bits per heavy atom. The van der Waals surface area contributed by atoms with Crippen LogP contribution in [0.5, 0.6) is 5.75 Å². The minimum atomic E-state index is -0.119. The molecular formula is C17H19ClN2O2S. The number of ether oxygens (including phenoxy) is 1. The van der Waals surface area contributed by atoms with E-state index in [1.54, 1.807) is 23.6 Å². The molecule has 23 heavy (non-hydrogen) atoms. The predicted molar refractivity (Wildman–Crippen MR) is 95.7 cm³/mol. The highest BCUT2D eigenvalue weighted by Crippen LogP contribution is 2.21. The van der Waals surface area contributed by atoms with Gasteiger partial charge in [0, 0.05) is 21.2 Å². The number of nitrogens with zero attached hydrogens (tertiary/aromatic N) is 1. The Kier molecular flexibility index (Phi) is 6.62. The Morgan fingerprint density at radius 3 is 2.87 bits per heavy atom. The van der Waals surface area contributed by atoms with Gasteiger partial charge in [0.05, 0.1) is 12.8 Å². The van der Waals surface area contributed by atoms with Crippen molar-refractivity contribution in [2.45, 2.75) is 26.7 Å². The van der Waals surface area contributed by atoms with Crippen molar-refractivity contribution in [1.29, 1.82) is 0 Å². The number of hydrazone groups is 1. The lowest BCUT2D eigenvalue weighted by Gasteiger charge is -2.08. The van der Waals surface area contributed by atoms with Crippen LogP contribution in [0.4, 0.5) is 0 Å². The lowest BCUT2D eigenvalue weighted by molar-refractivity contribution is -0.121. The first kappa shape index (κ1) is 17.5. The number of hydrogen-bond donors (Lipinski definition) is 1. The predicted octanol–water partition coefficient (Wildman–Crippen LogP) is 4.33. The molecule has 1 aromatic carbocycles. The molecule has 0 radical (unpaired) electrons. The Hall–Kier alpha value is -1.85. The van der Waals surface area contributed by atoms with Crippen LogP contribution in [0.1, 0.15) is 28.2 Å². The summed E-state index contributed by atoms with van der Waals surface area (Å²) >= 11 is 7.52. The summed E-state index contributed by atoms with van der Waals surface area (Å²) in [6.45, 7) is 4.45. The molecule has 0 bridgehead atoms. The Balaban J connectivity index is 1.65. The second-order valence-electron chi connectivity index (χ2n) is 5.10. The summed E-state index contributed by atoms with van der Waals surface area (Å²) in [6, 6.07) is 9.47. The van der Waals surface area contributed by atoms with Crippen LogP contribution in [-0.4, -0.2) is 18.7 Å². The van der Waals surface area contributed by atoms with Gasteiger partial charge in [-0.1, -0.05) is 11.6 Å². The number of carbonyl (C=O) groups is 1. The van der Waals surface area contributed by atoms with Gasteiger partial charge in [0.15, 0.2) is 0 Å². The standard InChI is InChI=1S/C17H19ClN2O2S/c1-12-10-14(18)6-8-16(12)22-9-3-4-17(21)20-19-11-15-7-5-13(2)23-15/h5-8,10-11H,3-4,9H2,1-2H3,(H,20,21). The molecule has 0 saturated carbocycles. The molecule has 1 aromatic heterocycles. The first-order valence-corrected chi connectivity index (χ1v) is 8.51. The van der Waals surface area contributed by atoms with Gasteiger partial charge in [-0.25, -0.2) is 5.43 Å². The van der Waals surface area contributed by atoms with Gasteiger partial charge in [0.2, 0.25) is 5.91 Å². The summed E-state index contributed by atoms with van der Waals surface area (Å²) < 4.78 is 5.64. The molecule has 0 unspecified atom stereocenters. The average Bonchev–Trinajstić information content (AvgIpc) is 2.91. The molecule has 4 nitrogen and oxygen atoms in total. The minimum Gasteiger partial charge on any atom is -0.493 e. The van der Waals surface area contributed by atoms with Crippen LogP contribution in [0.15, 0.2) is 35.4 Å². The summed E-state index contributed by atoms with van der Waals surface area (Å²) in [5.41, 5.74) is 3.51. The number of hydrogen-bond acceptors (Lipinski definition) is 4. The van der Waals surface area contributed by atoms with Crippen LogP contribution < -0.4 is 10.2 Å². The van der Waals surface area contributed by atoms with E-state index in [0.717, 1.165) is 16.2 Å². The molecule has 0 saturated heterocycles. The lowest BCUT2D eigenvalue weighted by atomic mass is 10.2. The Morgan fingerprint density at radius 1 is 1.35 bits per heavy atom. The van der Waals surface area contributed by atoms with E-state index in [1.807, 2.05) is 38.1 Å². The summed E-state index contributed by atoms with van der Waals surface area (Å²) in [5.74, 6) is 0.673. The molecule has 2 aromatic rings. The molecule has 0 aliphatic heterocycles. The first-order chi connectivity index (χ1) is 11.0. The van der Waals surface area contributed by atoms with Gasteiger partial charge in [-0.05, 0) is 56.2 Å². The normalized spacial score (nSPS) is 10.9. The molecule has 0 atom stereocenters. The average molecular weight is 351 g/mol. The third-order valence-electron chi connectivity index (χ3n) is 3.08. The van der Waals surface area contributed by atoms with E-state index in [2.05, 4.69) is 10.5 Å². The fourth-order valence-electron chi connectivity index (χ4n) is 1.94. The van der Waals surface area contributed by atoms with Crippen LogP contribution in [0, 0.1) is 13.8 Å². The molecule has 0 aliphatic rings. The summed E-state index contributed by atoms with van der Waals surface area (Å²) in [7, 11) is 0. The highest BCUT2D eigenvalue weighted by atomic mass is 35.5. The third kappa shape index (κ3) is 6.04. The maximum Gasteiger partial charge on any atom is 0.240 e. The monoisotopic (exact) mass is 350 g/mol. The number of thiophene rings is 1. The van der Waals surface area contributed by atoms with Crippen molar-refractivity contribution in [1.82, 2.24) is 5.43 Å². The second kappa shape index (κ2) is 8.70. The number of nitrogens with one attached hydrogen (secondary N) is 1. The topological polar surface area (TPSA) is 50.7 Å². The molecule has 1 heterocycles. The van der Waals surface area contributed by atoms with E-state index < -0.39 is 0 Å². The highest BCUT2D eigenvalue weighted by molar-refractivity contribution is 7.13. The van der Waals surface area contributed by atoms with E-state index in [-0.39, 0.29) is 5.91 Å². The highest BCUT2D eigenvalue weighted by Gasteiger charge is 2.03. The smallest absolute Gasteiger partial charge is 0.240 e. The van der Waals surface area contributed by atoms with Crippen LogP contribution in [0.2, 0.25) is 5.02 Å². The summed E-state index contributed by atoms with van der Waals surface area (Å²) in [4.78, 5) is 13.9. The fourth-order valence-corrected chi connectivity index (χ4v) is 2.91. The number of halogens is 1. The van der Waals surface area contributed by atoms with E-state index in [1.165, 1.54) is 4.88 Å². The second-order valence-corrected chi connectivity index (χ2v) is 6.86. The molecule has 6 heteroatoms. The van der Waals surface area contributed by atoms with Crippen molar-refractivity contribution in [3.05, 3.63) is 50.7 Å². The molecule has 0 fully saturated rings. The first-order valence-electron chi connectivity index (χ1n) is 7.32. The lowest BCUT2D eigenvalue weighted by Crippen LogP contribution is -2.18. The molecule has 0 aliphatic carbocycles. The van der Waals surface area contributed by atoms with Gasteiger partial charge in [0.1, 0.15) is 5.75 Å². The van der Waals surface area contributed by atoms with Crippen molar-refractivity contribution in [3.63, 3.8) is 0 Å². The Bertz CT molecular complexity index is 698. The molecule has 1 N–H and O–H groups in total. The zero-order chi connectivity index (χ0) is 16.7. The number of amides is 1. The summed E-state index contributed by atoms with van der Waals surface area (Å²) in [6.07, 6.45) is 2.65. The van der Waals surface area contributed by atoms with E-state index >= 15 is 0 Å². The van der Waals surface area contributed by atoms with Crippen LogP contribution in [-0.2, 0) is 4.79 Å². The van der Waals surface area contributed by atoms with E-state index in [0.29, 0.717) is 24.5 Å². The largest absolute Gasteiger partial charge is 0.493 e. The van der Waals surface area contributed by atoms with Crippen molar-refractivity contribution >= 4 is 35.1 Å². The van der Waals surface area contributed by atoms with Crippen molar-refractivity contribution in [3.8, 4) is 5.75 Å². The quantitative estimate of drug-likeness (QED) is 0.459. The van der Waals surface area contributed by atoms with Gasteiger partial charge in [-0.2, -0.15) is 5.10 Å². The molecule has 2 rings (SSSR count). The van der Waals surface area contributed by atoms with E-state index in [9.17, 15) is 4.79 Å². The van der Waals surface area contributed by atoms with Gasteiger partial charge < -0.3 is 4.74 Å². The zero-order valence-electron chi connectivity index (χ0n) is 13.1. The zero-order valence-corrected chi connectivity index (χ0v) is 14.7. The van der Waals surface area contributed by atoms with Gasteiger partial charge >= 0.3 is 0 Å². The van der Waals surface area contributed by atoms with Crippen molar-refractivity contribution in [2.24, 2.45) is 5.10 Å². The molecule has 0 spiro atoms. The minimum absolute atomic E-state index is 0.119. The van der Waals surface area contributed by atoms with Gasteiger partial charge in [0.25, 0.3) is 0 Å².